The number of rotatable bonds is 7. The number of carbonyl (C=O) groups excluding carboxylic acids is 1. The number of hydrogen-bond acceptors (Lipinski definition) is 7. The van der Waals surface area contributed by atoms with Crippen LogP contribution in [0.3, 0.4) is 0 Å². The Kier molecular flexibility index (Phi) is 6.53. The molecule has 32 heavy (non-hydrogen) atoms. The molecule has 0 saturated carbocycles. The third-order valence-corrected chi connectivity index (χ3v) is 5.89. The number of aromatic nitrogens is 4. The van der Waals surface area contributed by atoms with Gasteiger partial charge in [0.1, 0.15) is 0 Å². The van der Waals surface area contributed by atoms with Crippen molar-refractivity contribution in [2.75, 3.05) is 17.3 Å². The van der Waals surface area contributed by atoms with Gasteiger partial charge >= 0.3 is 11.8 Å². The summed E-state index contributed by atoms with van der Waals surface area (Å²) >= 11 is 0. The number of carbonyl (C=O) groups is 1. The summed E-state index contributed by atoms with van der Waals surface area (Å²) < 4.78 is 31.6. The minimum atomic E-state index is -4.35. The van der Waals surface area contributed by atoms with Crippen LogP contribution in [-0.2, 0) is 28.2 Å². The number of nitrogens with zero attached hydrogens (tertiary/aromatic N) is 4. The largest absolute Gasteiger partial charge is 0.447 e. The van der Waals surface area contributed by atoms with Gasteiger partial charge in [0, 0.05) is 18.8 Å². The zero-order valence-corrected chi connectivity index (χ0v) is 19.1. The zero-order valence-electron chi connectivity index (χ0n) is 18.3. The van der Waals surface area contributed by atoms with E-state index in [1.165, 1.54) is 0 Å². The normalized spacial score (nSPS) is 11.6. The molecule has 172 valence electrons. The second kappa shape index (κ2) is 8.99. The Hall–Kier alpha value is -3.41. The highest BCUT2D eigenvalue weighted by Crippen LogP contribution is 2.26. The fourth-order valence-corrected chi connectivity index (χ4v) is 4.13. The Morgan fingerprint density at radius 3 is 2.53 bits per heavy atom. The number of amides is 1. The van der Waals surface area contributed by atoms with Crippen molar-refractivity contribution < 1.29 is 17.9 Å². The first-order chi connectivity index (χ1) is 15.1. The van der Waals surface area contributed by atoms with Crippen molar-refractivity contribution >= 4 is 27.0 Å². The Morgan fingerprint density at radius 1 is 1.25 bits per heavy atom. The Labute approximate surface area is 184 Å². The van der Waals surface area contributed by atoms with Crippen LogP contribution in [0.15, 0.2) is 34.0 Å². The number of nitrogens with one attached hydrogen (secondary N) is 1. The van der Waals surface area contributed by atoms with Crippen LogP contribution in [0.2, 0.25) is 0 Å². The third kappa shape index (κ3) is 4.31. The van der Waals surface area contributed by atoms with E-state index in [2.05, 4.69) is 10.1 Å². The monoisotopic (exact) mass is 463 g/mol. The number of hydrogen-bond donors (Lipinski definition) is 1. The minimum absolute atomic E-state index is 0.0352. The van der Waals surface area contributed by atoms with Crippen LogP contribution in [0.1, 0.15) is 32.3 Å². The summed E-state index contributed by atoms with van der Waals surface area (Å²) in [6.45, 7) is 3.75. The molecule has 0 aliphatic rings. The van der Waals surface area contributed by atoms with Gasteiger partial charge in [-0.2, -0.15) is 5.10 Å². The number of H-pyrrole nitrogens is 1. The fraction of sp³-hybridized carbons (Fsp3) is 0.400. The molecular formula is C20H25N5O6S. The van der Waals surface area contributed by atoms with Crippen molar-refractivity contribution in [3.05, 3.63) is 50.8 Å². The molecule has 0 bridgehead atoms. The second-order valence-corrected chi connectivity index (χ2v) is 9.08. The lowest BCUT2D eigenvalue weighted by molar-refractivity contribution is 0.150. The molecule has 0 saturated heterocycles. The number of ether oxygens (including phenoxy) is 1. The van der Waals surface area contributed by atoms with E-state index in [0.717, 1.165) is 11.3 Å². The molecule has 0 fully saturated rings. The third-order valence-electron chi connectivity index (χ3n) is 4.95. The van der Waals surface area contributed by atoms with Gasteiger partial charge in [0.25, 0.3) is 15.6 Å². The van der Waals surface area contributed by atoms with Crippen molar-refractivity contribution in [1.82, 2.24) is 19.4 Å². The van der Waals surface area contributed by atoms with E-state index < -0.39 is 27.4 Å². The first-order valence-electron chi connectivity index (χ1n) is 10.1. The lowest BCUT2D eigenvalue weighted by Crippen LogP contribution is -2.56. The van der Waals surface area contributed by atoms with Crippen molar-refractivity contribution in [2.24, 2.45) is 7.05 Å². The van der Waals surface area contributed by atoms with E-state index in [0.29, 0.717) is 31.1 Å². The maximum Gasteiger partial charge on any atom is 0.444 e. The standard InChI is InChI=1S/C20H25N5O6S/c1-5-7-10-31-20(28)25(32(4,29)30)24-18(26)15-12-14(17-8-9-21-23(17)3)13(6-2)11-16(15)22-19(24)27/h8-9,11-12H,5-7,10H2,1-4H3,(H,22,27). The van der Waals surface area contributed by atoms with E-state index in [4.69, 9.17) is 4.74 Å². The smallest absolute Gasteiger partial charge is 0.444 e. The maximum absolute atomic E-state index is 13.3. The van der Waals surface area contributed by atoms with Crippen LogP contribution in [0.25, 0.3) is 22.2 Å². The van der Waals surface area contributed by atoms with E-state index in [1.807, 2.05) is 13.8 Å². The molecule has 0 unspecified atom stereocenters. The van der Waals surface area contributed by atoms with E-state index in [1.54, 1.807) is 36.1 Å². The molecule has 3 aromatic rings. The number of unbranched alkanes of at least 4 members (excludes halogenated alkanes) is 1. The van der Waals surface area contributed by atoms with Crippen LogP contribution >= 0.6 is 0 Å². The number of sulfonamides is 1. The molecule has 0 spiro atoms. The molecular weight excluding hydrogens is 438 g/mol. The van der Waals surface area contributed by atoms with Gasteiger partial charge in [-0.3, -0.25) is 9.48 Å². The topological polar surface area (TPSA) is 136 Å². The Morgan fingerprint density at radius 2 is 1.97 bits per heavy atom. The van der Waals surface area contributed by atoms with Crippen molar-refractivity contribution in [3.63, 3.8) is 0 Å². The van der Waals surface area contributed by atoms with Crippen LogP contribution < -0.4 is 15.7 Å². The minimum Gasteiger partial charge on any atom is -0.447 e. The number of benzene rings is 1. The summed E-state index contributed by atoms with van der Waals surface area (Å²) in [7, 11) is -2.60. The lowest BCUT2D eigenvalue weighted by Gasteiger charge is -2.21. The molecule has 0 radical (unpaired) electrons. The van der Waals surface area contributed by atoms with Crippen molar-refractivity contribution in [2.45, 2.75) is 33.1 Å². The average Bonchev–Trinajstić information content (AvgIpc) is 3.15. The van der Waals surface area contributed by atoms with Crippen molar-refractivity contribution in [3.8, 4) is 11.3 Å². The fourth-order valence-electron chi connectivity index (χ4n) is 3.36. The average molecular weight is 464 g/mol. The molecule has 0 aliphatic carbocycles. The number of fused-ring (bicyclic) bond motifs is 1. The number of aromatic amines is 1. The van der Waals surface area contributed by atoms with Gasteiger partial charge in [-0.05, 0) is 36.6 Å². The highest BCUT2D eigenvalue weighted by molar-refractivity contribution is 7.92. The Bertz CT molecular complexity index is 1390. The van der Waals surface area contributed by atoms with Gasteiger partial charge in [0.05, 0.1) is 29.5 Å². The number of aryl methyl sites for hydroxylation is 2. The van der Waals surface area contributed by atoms with Gasteiger partial charge in [-0.25, -0.2) is 18.0 Å². The van der Waals surface area contributed by atoms with E-state index in [-0.39, 0.29) is 26.6 Å². The molecule has 3 rings (SSSR count). The summed E-state index contributed by atoms with van der Waals surface area (Å²) in [6, 6.07) is 5.00. The summed E-state index contributed by atoms with van der Waals surface area (Å²) in [4.78, 5) is 41.0. The van der Waals surface area contributed by atoms with Gasteiger partial charge < -0.3 is 9.72 Å². The molecule has 0 aliphatic heterocycles. The molecule has 12 heteroatoms. The van der Waals surface area contributed by atoms with Crippen LogP contribution in [0, 0.1) is 0 Å². The Balaban J connectivity index is 2.28. The predicted octanol–water partition coefficient (Wildman–Crippen LogP) is 1.49. The van der Waals surface area contributed by atoms with Crippen LogP contribution in [0.4, 0.5) is 4.79 Å². The highest BCUT2D eigenvalue weighted by atomic mass is 32.2. The second-order valence-electron chi connectivity index (χ2n) is 7.27. The van der Waals surface area contributed by atoms with E-state index in [9.17, 15) is 22.8 Å². The van der Waals surface area contributed by atoms with Gasteiger partial charge in [-0.1, -0.05) is 24.7 Å². The summed E-state index contributed by atoms with van der Waals surface area (Å²) in [5.41, 5.74) is 0.482. The predicted molar refractivity (Wildman–Crippen MR) is 120 cm³/mol. The highest BCUT2D eigenvalue weighted by Gasteiger charge is 2.31. The summed E-state index contributed by atoms with van der Waals surface area (Å²) in [5, 5.41) is 4.18. The first-order valence-corrected chi connectivity index (χ1v) is 11.9. The van der Waals surface area contributed by atoms with Gasteiger partial charge in [0.15, 0.2) is 0 Å². The lowest BCUT2D eigenvalue weighted by atomic mass is 10.00. The van der Waals surface area contributed by atoms with E-state index >= 15 is 0 Å². The van der Waals surface area contributed by atoms with Crippen molar-refractivity contribution in [1.29, 1.82) is 0 Å². The quantitative estimate of drug-likeness (QED) is 0.524. The van der Waals surface area contributed by atoms with Gasteiger partial charge in [0.2, 0.25) is 0 Å². The van der Waals surface area contributed by atoms with Gasteiger partial charge in [-0.15, -0.1) is 4.68 Å². The first kappa shape index (κ1) is 23.3. The molecule has 2 heterocycles. The van der Waals surface area contributed by atoms with Crippen LogP contribution in [0.5, 0.6) is 0 Å². The summed E-state index contributed by atoms with van der Waals surface area (Å²) in [5.74, 6) is 0. The maximum atomic E-state index is 13.3. The molecule has 1 amide bonds. The SMILES string of the molecule is CCCCOC(=O)N(n1c(=O)[nH]c2cc(CC)c(-c3ccnn3C)cc2c1=O)S(C)(=O)=O. The molecule has 11 nitrogen and oxygen atoms in total. The van der Waals surface area contributed by atoms with Crippen LogP contribution in [-0.4, -0.2) is 46.8 Å². The molecule has 1 N–H and O–H groups in total. The molecule has 2 aromatic heterocycles. The molecule has 0 atom stereocenters. The zero-order chi connectivity index (χ0) is 23.6. The molecule has 1 aromatic carbocycles. The summed E-state index contributed by atoms with van der Waals surface area (Å²) in [6.07, 6.45) is 2.82.